The predicted octanol–water partition coefficient (Wildman–Crippen LogP) is 2.62. The SMILES string of the molecule is CC1COCCN1c1cc(SC2CC2)c2cnn(-c3ccn[nH]3)c2n1. The van der Waals surface area contributed by atoms with Gasteiger partial charge in [0.1, 0.15) is 5.82 Å². The maximum absolute atomic E-state index is 5.59. The highest BCUT2D eigenvalue weighted by atomic mass is 32.2. The summed E-state index contributed by atoms with van der Waals surface area (Å²) in [5.74, 6) is 1.84. The molecule has 4 heterocycles. The van der Waals surface area contributed by atoms with Crippen LogP contribution >= 0.6 is 11.8 Å². The first-order valence-electron chi connectivity index (χ1n) is 8.69. The van der Waals surface area contributed by atoms with Crippen LogP contribution in [0.25, 0.3) is 16.9 Å². The number of hydrogen-bond donors (Lipinski definition) is 1. The Morgan fingerprint density at radius 1 is 1.36 bits per heavy atom. The normalized spacial score (nSPS) is 21.2. The number of pyridine rings is 1. The Bertz CT molecular complexity index is 888. The van der Waals surface area contributed by atoms with Crippen LogP contribution in [0, 0.1) is 0 Å². The summed E-state index contributed by atoms with van der Waals surface area (Å²) in [7, 11) is 0. The van der Waals surface area contributed by atoms with Crippen molar-refractivity contribution in [2.75, 3.05) is 24.7 Å². The lowest BCUT2D eigenvalue weighted by molar-refractivity contribution is 0.0985. The van der Waals surface area contributed by atoms with E-state index in [4.69, 9.17) is 9.72 Å². The van der Waals surface area contributed by atoms with Gasteiger partial charge in [-0.25, -0.2) is 4.98 Å². The molecule has 3 aromatic rings. The van der Waals surface area contributed by atoms with Crippen molar-refractivity contribution < 1.29 is 4.74 Å². The second kappa shape index (κ2) is 6.03. The number of H-pyrrole nitrogens is 1. The van der Waals surface area contributed by atoms with Gasteiger partial charge in [-0.2, -0.15) is 14.9 Å². The van der Waals surface area contributed by atoms with Gasteiger partial charge in [-0.1, -0.05) is 0 Å². The lowest BCUT2D eigenvalue weighted by atomic mass is 10.2. The third kappa shape index (κ3) is 2.79. The molecule has 1 saturated heterocycles. The fourth-order valence-electron chi connectivity index (χ4n) is 3.18. The quantitative estimate of drug-likeness (QED) is 0.775. The third-order valence-corrected chi connectivity index (χ3v) is 6.08. The first-order valence-corrected chi connectivity index (χ1v) is 9.57. The van der Waals surface area contributed by atoms with E-state index in [1.165, 1.54) is 17.7 Å². The van der Waals surface area contributed by atoms with Crippen LogP contribution in [0.5, 0.6) is 0 Å². The molecule has 0 amide bonds. The van der Waals surface area contributed by atoms with Gasteiger partial charge in [0.2, 0.25) is 0 Å². The molecule has 1 saturated carbocycles. The first kappa shape index (κ1) is 15.2. The molecule has 0 radical (unpaired) electrons. The highest BCUT2D eigenvalue weighted by Gasteiger charge is 2.27. The number of fused-ring (bicyclic) bond motifs is 1. The molecule has 130 valence electrons. The zero-order valence-corrected chi connectivity index (χ0v) is 14.9. The fourth-order valence-corrected chi connectivity index (χ4v) is 4.35. The van der Waals surface area contributed by atoms with Crippen LogP contribution in [-0.2, 0) is 4.74 Å². The Balaban J connectivity index is 1.65. The second-order valence-electron chi connectivity index (χ2n) is 6.65. The van der Waals surface area contributed by atoms with Crippen LogP contribution < -0.4 is 4.90 Å². The molecule has 0 spiro atoms. The van der Waals surface area contributed by atoms with Crippen molar-refractivity contribution in [3.8, 4) is 5.82 Å². The first-order chi connectivity index (χ1) is 12.3. The summed E-state index contributed by atoms with van der Waals surface area (Å²) < 4.78 is 7.43. The monoisotopic (exact) mass is 356 g/mol. The van der Waals surface area contributed by atoms with Crippen molar-refractivity contribution in [3.63, 3.8) is 0 Å². The van der Waals surface area contributed by atoms with Gasteiger partial charge in [0.05, 0.1) is 37.0 Å². The number of hydrogen-bond acceptors (Lipinski definition) is 6. The van der Waals surface area contributed by atoms with E-state index >= 15 is 0 Å². The summed E-state index contributed by atoms with van der Waals surface area (Å²) in [6, 6.07) is 4.46. The van der Waals surface area contributed by atoms with Crippen molar-refractivity contribution >= 4 is 28.6 Å². The summed E-state index contributed by atoms with van der Waals surface area (Å²) >= 11 is 1.95. The number of nitrogens with one attached hydrogen (secondary N) is 1. The van der Waals surface area contributed by atoms with E-state index in [1.54, 1.807) is 6.20 Å². The second-order valence-corrected chi connectivity index (χ2v) is 7.99. The third-order valence-electron chi connectivity index (χ3n) is 4.68. The Morgan fingerprint density at radius 2 is 2.28 bits per heavy atom. The van der Waals surface area contributed by atoms with E-state index in [2.05, 4.69) is 33.2 Å². The number of aromatic amines is 1. The highest BCUT2D eigenvalue weighted by molar-refractivity contribution is 8.00. The van der Waals surface area contributed by atoms with Crippen LogP contribution in [0.4, 0.5) is 5.82 Å². The van der Waals surface area contributed by atoms with E-state index in [1.807, 2.05) is 28.7 Å². The van der Waals surface area contributed by atoms with Crippen molar-refractivity contribution in [3.05, 3.63) is 24.5 Å². The number of aromatic nitrogens is 5. The van der Waals surface area contributed by atoms with Gasteiger partial charge in [0.15, 0.2) is 11.5 Å². The van der Waals surface area contributed by atoms with Gasteiger partial charge >= 0.3 is 0 Å². The minimum absolute atomic E-state index is 0.320. The number of anilines is 1. The smallest absolute Gasteiger partial charge is 0.168 e. The molecule has 1 N–H and O–H groups in total. The van der Waals surface area contributed by atoms with Gasteiger partial charge in [-0.15, -0.1) is 11.8 Å². The van der Waals surface area contributed by atoms with Crippen LogP contribution in [0.15, 0.2) is 29.4 Å². The van der Waals surface area contributed by atoms with Gasteiger partial charge in [-0.05, 0) is 25.8 Å². The number of rotatable bonds is 4. The molecule has 1 aliphatic carbocycles. The Morgan fingerprint density at radius 3 is 3.04 bits per heavy atom. The number of nitrogens with zero attached hydrogens (tertiary/aromatic N) is 5. The summed E-state index contributed by atoms with van der Waals surface area (Å²) in [5.41, 5.74) is 0.878. The van der Waals surface area contributed by atoms with Crippen molar-refractivity contribution in [2.45, 2.75) is 36.0 Å². The number of thioether (sulfide) groups is 1. The maximum Gasteiger partial charge on any atom is 0.168 e. The van der Waals surface area contributed by atoms with Crippen LogP contribution in [0.3, 0.4) is 0 Å². The van der Waals surface area contributed by atoms with Crippen molar-refractivity contribution in [1.29, 1.82) is 0 Å². The molecular weight excluding hydrogens is 336 g/mol. The van der Waals surface area contributed by atoms with Crippen LogP contribution in [0.2, 0.25) is 0 Å². The fraction of sp³-hybridized carbons (Fsp3) is 0.471. The van der Waals surface area contributed by atoms with E-state index in [0.29, 0.717) is 6.04 Å². The molecule has 5 rings (SSSR count). The molecule has 1 unspecified atom stereocenters. The predicted molar refractivity (Wildman–Crippen MR) is 97.5 cm³/mol. The number of ether oxygens (including phenoxy) is 1. The minimum Gasteiger partial charge on any atom is -0.377 e. The molecule has 0 bridgehead atoms. The zero-order chi connectivity index (χ0) is 16.8. The topological polar surface area (TPSA) is 71.9 Å². The minimum atomic E-state index is 0.320. The van der Waals surface area contributed by atoms with Gasteiger partial charge in [0, 0.05) is 22.8 Å². The molecule has 7 nitrogen and oxygen atoms in total. The molecule has 2 fully saturated rings. The average molecular weight is 356 g/mol. The van der Waals surface area contributed by atoms with Crippen LogP contribution in [-0.4, -0.2) is 56.0 Å². The maximum atomic E-state index is 5.59. The Kier molecular flexibility index (Phi) is 3.67. The number of morpholine rings is 1. The Labute approximate surface area is 149 Å². The van der Waals surface area contributed by atoms with E-state index in [9.17, 15) is 0 Å². The summed E-state index contributed by atoms with van der Waals surface area (Å²) in [5, 5.41) is 13.4. The molecule has 25 heavy (non-hydrogen) atoms. The molecule has 8 heteroatoms. The molecule has 0 aromatic carbocycles. The largest absolute Gasteiger partial charge is 0.377 e. The molecule has 1 atom stereocenters. The average Bonchev–Trinajstić information content (AvgIpc) is 3.10. The lowest BCUT2D eigenvalue weighted by Crippen LogP contribution is -2.44. The van der Waals surface area contributed by atoms with Gasteiger partial charge < -0.3 is 9.64 Å². The van der Waals surface area contributed by atoms with Gasteiger partial charge in [-0.3, -0.25) is 5.10 Å². The standard InChI is InChI=1S/C17H20N6OS/c1-11-10-24-7-6-22(11)16-8-14(25-12-2-3-12)13-9-19-23(17(13)20-16)15-4-5-18-21-15/h4-5,8-9,11-12H,2-3,6-7,10H2,1H3,(H,18,21). The van der Waals surface area contributed by atoms with Crippen molar-refractivity contribution in [2.24, 2.45) is 0 Å². The van der Waals surface area contributed by atoms with Crippen LogP contribution in [0.1, 0.15) is 19.8 Å². The lowest BCUT2D eigenvalue weighted by Gasteiger charge is -2.34. The molecule has 1 aliphatic heterocycles. The van der Waals surface area contributed by atoms with Gasteiger partial charge in [0.25, 0.3) is 0 Å². The highest BCUT2D eigenvalue weighted by Crippen LogP contribution is 2.43. The molecular formula is C17H20N6OS. The zero-order valence-electron chi connectivity index (χ0n) is 14.1. The summed E-state index contributed by atoms with van der Waals surface area (Å²) in [4.78, 5) is 8.57. The summed E-state index contributed by atoms with van der Waals surface area (Å²) in [6.07, 6.45) is 6.25. The van der Waals surface area contributed by atoms with Crippen molar-refractivity contribution in [1.82, 2.24) is 25.0 Å². The van der Waals surface area contributed by atoms with E-state index in [-0.39, 0.29) is 0 Å². The molecule has 2 aliphatic rings. The van der Waals surface area contributed by atoms with E-state index < -0.39 is 0 Å². The Hall–Kier alpha value is -2.06. The van der Waals surface area contributed by atoms with E-state index in [0.717, 1.165) is 47.7 Å². The summed E-state index contributed by atoms with van der Waals surface area (Å²) in [6.45, 7) is 4.54. The molecule has 3 aromatic heterocycles.